The molecule has 2 heterocycles. The molecule has 0 saturated carbocycles. The smallest absolute Gasteiger partial charge is 0.216 e. The van der Waals surface area contributed by atoms with Crippen LogP contribution in [0.4, 0.5) is 0 Å². The maximum atomic E-state index is 9.83. The molecule has 2 aromatic heterocycles. The third-order valence-corrected chi connectivity index (χ3v) is 6.02. The molecule has 5 aromatic rings. The van der Waals surface area contributed by atoms with Crippen LogP contribution in [0.25, 0.3) is 44.3 Å². The molecule has 0 fully saturated rings. The number of hydrogen-bond acceptors (Lipinski definition) is 2. The maximum Gasteiger partial charge on any atom is 0.216 e. The lowest BCUT2D eigenvalue weighted by Gasteiger charge is -2.06. The van der Waals surface area contributed by atoms with Crippen molar-refractivity contribution in [3.05, 3.63) is 89.1 Å². The highest BCUT2D eigenvalue weighted by Crippen LogP contribution is 2.41. The minimum absolute atomic E-state index is 0.632. The number of pyridine rings is 1. The first-order valence-electron chi connectivity index (χ1n) is 10.4. The van der Waals surface area contributed by atoms with Gasteiger partial charge in [-0.2, -0.15) is 5.26 Å². The van der Waals surface area contributed by atoms with Crippen LogP contribution in [0.2, 0.25) is 0 Å². The Morgan fingerprint density at radius 3 is 2.26 bits per heavy atom. The van der Waals surface area contributed by atoms with E-state index in [0.717, 1.165) is 49.9 Å². The average molecular weight is 404 g/mol. The second-order valence-electron chi connectivity index (χ2n) is 8.28. The predicted molar refractivity (Wildman–Crippen MR) is 125 cm³/mol. The lowest BCUT2D eigenvalue weighted by atomic mass is 9.96. The SMILES string of the molecule is Cc1ccc(-c2ccc(C#N)c3c2oc2c(-c4ccc(C)c[n+]4C)c(C)ccc23)cc1. The predicted octanol–water partition coefficient (Wildman–Crippen LogP) is 6.54. The van der Waals surface area contributed by atoms with Gasteiger partial charge in [0.05, 0.1) is 17.2 Å². The van der Waals surface area contributed by atoms with Crippen LogP contribution in [-0.2, 0) is 7.05 Å². The van der Waals surface area contributed by atoms with Crippen LogP contribution in [0.5, 0.6) is 0 Å². The van der Waals surface area contributed by atoms with Crippen molar-refractivity contribution in [2.24, 2.45) is 7.05 Å². The molecule has 0 radical (unpaired) electrons. The summed E-state index contributed by atoms with van der Waals surface area (Å²) in [5, 5.41) is 11.7. The molecule has 0 amide bonds. The van der Waals surface area contributed by atoms with Gasteiger partial charge in [-0.1, -0.05) is 42.0 Å². The van der Waals surface area contributed by atoms with Gasteiger partial charge in [-0.15, -0.1) is 0 Å². The number of nitrogens with zero attached hydrogens (tertiary/aromatic N) is 2. The Bertz CT molecular complexity index is 1520. The van der Waals surface area contributed by atoms with Crippen molar-refractivity contribution < 1.29 is 8.98 Å². The van der Waals surface area contributed by atoms with Crippen molar-refractivity contribution in [1.82, 2.24) is 0 Å². The fourth-order valence-electron chi connectivity index (χ4n) is 4.42. The van der Waals surface area contributed by atoms with Crippen molar-refractivity contribution in [2.75, 3.05) is 0 Å². The van der Waals surface area contributed by atoms with Crippen molar-refractivity contribution in [2.45, 2.75) is 20.8 Å². The molecule has 5 rings (SSSR count). The molecule has 0 atom stereocenters. The Morgan fingerprint density at radius 1 is 0.806 bits per heavy atom. The summed E-state index contributed by atoms with van der Waals surface area (Å²) < 4.78 is 8.73. The molecule has 0 N–H and O–H groups in total. The topological polar surface area (TPSA) is 40.8 Å². The number of rotatable bonds is 2. The molecule has 3 heteroatoms. The van der Waals surface area contributed by atoms with Gasteiger partial charge in [-0.05, 0) is 50.1 Å². The Morgan fingerprint density at radius 2 is 1.55 bits per heavy atom. The van der Waals surface area contributed by atoms with Gasteiger partial charge < -0.3 is 4.42 Å². The van der Waals surface area contributed by atoms with Crippen LogP contribution in [0.15, 0.2) is 71.3 Å². The lowest BCUT2D eigenvalue weighted by Crippen LogP contribution is -2.31. The molecule has 0 bridgehead atoms. The van der Waals surface area contributed by atoms with E-state index in [9.17, 15) is 5.26 Å². The number of furan rings is 1. The number of nitriles is 1. The van der Waals surface area contributed by atoms with E-state index in [4.69, 9.17) is 4.42 Å². The van der Waals surface area contributed by atoms with Gasteiger partial charge in [0.2, 0.25) is 5.69 Å². The first kappa shape index (κ1) is 19.1. The number of aromatic nitrogens is 1. The summed E-state index contributed by atoms with van der Waals surface area (Å²) in [5.74, 6) is 0. The Hall–Kier alpha value is -3.90. The molecule has 150 valence electrons. The number of benzene rings is 3. The van der Waals surface area contributed by atoms with Crippen LogP contribution >= 0.6 is 0 Å². The molecule has 0 aliphatic carbocycles. The van der Waals surface area contributed by atoms with Gasteiger partial charge in [-0.25, -0.2) is 4.57 Å². The van der Waals surface area contributed by atoms with Gasteiger partial charge in [0.15, 0.2) is 6.20 Å². The quantitative estimate of drug-likeness (QED) is 0.314. The normalized spacial score (nSPS) is 11.2. The third kappa shape index (κ3) is 3.00. The summed E-state index contributed by atoms with van der Waals surface area (Å²) >= 11 is 0. The van der Waals surface area contributed by atoms with E-state index in [1.54, 1.807) is 0 Å². The average Bonchev–Trinajstić information content (AvgIpc) is 3.14. The van der Waals surface area contributed by atoms with Gasteiger partial charge in [0.25, 0.3) is 0 Å². The molecular weight excluding hydrogens is 380 g/mol. The summed E-state index contributed by atoms with van der Waals surface area (Å²) in [6.07, 6.45) is 2.12. The zero-order valence-corrected chi connectivity index (χ0v) is 18.2. The van der Waals surface area contributed by atoms with E-state index in [0.29, 0.717) is 5.56 Å². The van der Waals surface area contributed by atoms with E-state index >= 15 is 0 Å². The third-order valence-electron chi connectivity index (χ3n) is 6.02. The van der Waals surface area contributed by atoms with Gasteiger partial charge in [0.1, 0.15) is 18.2 Å². The van der Waals surface area contributed by atoms with Crippen LogP contribution in [0, 0.1) is 32.1 Å². The summed E-state index contributed by atoms with van der Waals surface area (Å²) in [4.78, 5) is 0. The molecular formula is C28H23N2O+. The summed E-state index contributed by atoms with van der Waals surface area (Å²) in [6.45, 7) is 6.27. The first-order chi connectivity index (χ1) is 15.0. The number of hydrogen-bond donors (Lipinski definition) is 0. The van der Waals surface area contributed by atoms with E-state index in [1.165, 1.54) is 11.1 Å². The van der Waals surface area contributed by atoms with Gasteiger partial charge in [-0.3, -0.25) is 0 Å². The molecule has 3 aromatic carbocycles. The second-order valence-corrected chi connectivity index (χ2v) is 8.28. The Labute approximate surface area is 181 Å². The Balaban J connectivity index is 1.91. The lowest BCUT2D eigenvalue weighted by molar-refractivity contribution is -0.660. The summed E-state index contributed by atoms with van der Waals surface area (Å²) in [5.41, 5.74) is 10.0. The molecule has 0 aliphatic rings. The molecule has 0 spiro atoms. The summed E-state index contributed by atoms with van der Waals surface area (Å²) in [7, 11) is 2.06. The number of fused-ring (bicyclic) bond motifs is 3. The molecule has 3 nitrogen and oxygen atoms in total. The van der Waals surface area contributed by atoms with Crippen LogP contribution in [0.3, 0.4) is 0 Å². The molecule has 0 aliphatic heterocycles. The highest BCUT2D eigenvalue weighted by atomic mass is 16.3. The zero-order valence-electron chi connectivity index (χ0n) is 18.2. The van der Waals surface area contributed by atoms with Crippen LogP contribution < -0.4 is 4.57 Å². The van der Waals surface area contributed by atoms with Crippen molar-refractivity contribution in [3.8, 4) is 28.5 Å². The second kappa shape index (κ2) is 7.11. The maximum absolute atomic E-state index is 9.83. The van der Waals surface area contributed by atoms with Crippen LogP contribution in [-0.4, -0.2) is 0 Å². The van der Waals surface area contributed by atoms with Crippen LogP contribution in [0.1, 0.15) is 22.3 Å². The molecule has 31 heavy (non-hydrogen) atoms. The fourth-order valence-corrected chi connectivity index (χ4v) is 4.42. The number of aryl methyl sites for hydroxylation is 4. The Kier molecular flexibility index (Phi) is 4.38. The van der Waals surface area contributed by atoms with E-state index in [2.05, 4.69) is 93.2 Å². The molecule has 0 unspecified atom stereocenters. The zero-order chi connectivity index (χ0) is 21.7. The largest absolute Gasteiger partial charge is 0.454 e. The van der Waals surface area contributed by atoms with Crippen molar-refractivity contribution >= 4 is 21.9 Å². The highest BCUT2D eigenvalue weighted by Gasteiger charge is 2.23. The van der Waals surface area contributed by atoms with Crippen molar-refractivity contribution in [1.29, 1.82) is 5.26 Å². The minimum Gasteiger partial charge on any atom is -0.454 e. The van der Waals surface area contributed by atoms with Gasteiger partial charge >= 0.3 is 0 Å². The minimum atomic E-state index is 0.632. The van der Waals surface area contributed by atoms with Crippen molar-refractivity contribution in [3.63, 3.8) is 0 Å². The standard InChI is InChI=1S/C28H23N2O/c1-17-5-9-20(10-6-17)22-13-11-21(15-29)26-23-12-8-19(3)25(28(23)31-27(22)26)24-14-7-18(2)16-30(24)4/h5-14,16H,1-4H3/q+1. The fraction of sp³-hybridized carbons (Fsp3) is 0.143. The monoisotopic (exact) mass is 403 g/mol. The van der Waals surface area contributed by atoms with Gasteiger partial charge in [0, 0.05) is 28.0 Å². The molecule has 0 saturated heterocycles. The van der Waals surface area contributed by atoms with E-state index in [1.807, 2.05) is 12.1 Å². The van der Waals surface area contributed by atoms with E-state index in [-0.39, 0.29) is 0 Å². The summed E-state index contributed by atoms with van der Waals surface area (Å²) in [6, 6.07) is 23.1. The first-order valence-corrected chi connectivity index (χ1v) is 10.4. The van der Waals surface area contributed by atoms with E-state index < -0.39 is 0 Å². The highest BCUT2D eigenvalue weighted by molar-refractivity contribution is 6.15.